The summed E-state index contributed by atoms with van der Waals surface area (Å²) < 4.78 is 39.5. The number of hydrogen-bond acceptors (Lipinski definition) is 5. The molecule has 146 valence electrons. The van der Waals surface area contributed by atoms with Crippen molar-refractivity contribution < 1.29 is 12.8 Å². The molecule has 1 aromatic carbocycles. The maximum Gasteiger partial charge on any atom is 0.213 e. The Kier molecular flexibility index (Phi) is 6.08. The highest BCUT2D eigenvalue weighted by molar-refractivity contribution is 7.89. The number of anilines is 2. The number of rotatable bonds is 6. The summed E-state index contributed by atoms with van der Waals surface area (Å²) in [7, 11) is -3.14. The van der Waals surface area contributed by atoms with Crippen molar-refractivity contribution in [2.24, 2.45) is 0 Å². The molecule has 0 atom stereocenters. The predicted octanol–water partition coefficient (Wildman–Crippen LogP) is 2.74. The largest absolute Gasteiger partial charge is 0.354 e. The third-order valence-corrected chi connectivity index (χ3v) is 6.53. The zero-order valence-corrected chi connectivity index (χ0v) is 16.5. The second-order valence-corrected chi connectivity index (χ2v) is 8.99. The quantitative estimate of drug-likeness (QED) is 0.819. The summed E-state index contributed by atoms with van der Waals surface area (Å²) in [5.41, 5.74) is 3.24. The van der Waals surface area contributed by atoms with Crippen LogP contribution in [0.4, 0.5) is 15.8 Å². The minimum absolute atomic E-state index is 0.125. The van der Waals surface area contributed by atoms with Crippen molar-refractivity contribution in [3.05, 3.63) is 53.6 Å². The van der Waals surface area contributed by atoms with Crippen molar-refractivity contribution in [1.82, 2.24) is 14.2 Å². The van der Waals surface area contributed by atoms with Crippen molar-refractivity contribution in [3.8, 4) is 0 Å². The molecule has 1 aliphatic heterocycles. The monoisotopic (exact) mass is 392 g/mol. The molecule has 1 aliphatic rings. The Labute approximate surface area is 160 Å². The van der Waals surface area contributed by atoms with E-state index in [0.29, 0.717) is 38.4 Å². The van der Waals surface area contributed by atoms with Gasteiger partial charge in [0.1, 0.15) is 5.82 Å². The number of nitrogens with zero attached hydrogens (tertiary/aromatic N) is 3. The Morgan fingerprint density at radius 1 is 1.11 bits per heavy atom. The van der Waals surface area contributed by atoms with Gasteiger partial charge in [-0.05, 0) is 49.7 Å². The zero-order chi connectivity index (χ0) is 19.4. The first-order valence-corrected chi connectivity index (χ1v) is 10.7. The van der Waals surface area contributed by atoms with E-state index in [4.69, 9.17) is 0 Å². The summed E-state index contributed by atoms with van der Waals surface area (Å²) in [6.07, 6.45) is 1.72. The smallest absolute Gasteiger partial charge is 0.213 e. The van der Waals surface area contributed by atoms with Gasteiger partial charge in [0.2, 0.25) is 10.0 Å². The topological polar surface area (TPSA) is 65.5 Å². The molecule has 1 N–H and O–H groups in total. The maximum atomic E-state index is 14.1. The van der Waals surface area contributed by atoms with E-state index < -0.39 is 10.0 Å². The van der Waals surface area contributed by atoms with Crippen molar-refractivity contribution in [1.29, 1.82) is 0 Å². The average Bonchev–Trinajstić information content (AvgIpc) is 2.64. The fourth-order valence-corrected chi connectivity index (χ4v) is 4.21. The Balaban J connectivity index is 1.64. The standard InChI is InChI=1S/C19H25FN4O2S/c1-3-27(25,26)24-8-6-23(7-9-24)14-16-10-17(20)12-19(11-16)22-18-5-4-15(2)21-13-18/h4-5,10-13,22H,3,6-9,14H2,1-2H3. The summed E-state index contributed by atoms with van der Waals surface area (Å²) in [6, 6.07) is 8.69. The summed E-state index contributed by atoms with van der Waals surface area (Å²) in [6.45, 7) is 6.39. The Morgan fingerprint density at radius 3 is 2.48 bits per heavy atom. The molecule has 0 spiro atoms. The van der Waals surface area contributed by atoms with Gasteiger partial charge >= 0.3 is 0 Å². The van der Waals surface area contributed by atoms with Gasteiger partial charge in [-0.15, -0.1) is 0 Å². The molecule has 0 saturated carbocycles. The van der Waals surface area contributed by atoms with E-state index in [1.165, 1.54) is 16.4 Å². The highest BCUT2D eigenvalue weighted by atomic mass is 32.2. The van der Waals surface area contributed by atoms with E-state index in [2.05, 4.69) is 15.2 Å². The first-order valence-electron chi connectivity index (χ1n) is 9.05. The van der Waals surface area contributed by atoms with Gasteiger partial charge < -0.3 is 5.32 Å². The molecule has 1 saturated heterocycles. The number of nitrogens with one attached hydrogen (secondary N) is 1. The van der Waals surface area contributed by atoms with E-state index in [9.17, 15) is 12.8 Å². The molecule has 0 unspecified atom stereocenters. The second-order valence-electron chi connectivity index (χ2n) is 6.74. The van der Waals surface area contributed by atoms with Crippen LogP contribution in [0.25, 0.3) is 0 Å². The third-order valence-electron chi connectivity index (χ3n) is 4.65. The minimum atomic E-state index is -3.14. The lowest BCUT2D eigenvalue weighted by molar-refractivity contribution is 0.181. The molecule has 27 heavy (non-hydrogen) atoms. The lowest BCUT2D eigenvalue weighted by Gasteiger charge is -2.33. The predicted molar refractivity (Wildman–Crippen MR) is 105 cm³/mol. The Morgan fingerprint density at radius 2 is 1.85 bits per heavy atom. The number of benzene rings is 1. The van der Waals surface area contributed by atoms with Crippen LogP contribution in [0.2, 0.25) is 0 Å². The number of aryl methyl sites for hydroxylation is 1. The van der Waals surface area contributed by atoms with E-state index in [0.717, 1.165) is 16.9 Å². The molecule has 0 aliphatic carbocycles. The van der Waals surface area contributed by atoms with Gasteiger partial charge in [-0.2, -0.15) is 4.31 Å². The Hall–Kier alpha value is -2.03. The highest BCUT2D eigenvalue weighted by Gasteiger charge is 2.25. The van der Waals surface area contributed by atoms with E-state index >= 15 is 0 Å². The molecule has 2 aromatic rings. The van der Waals surface area contributed by atoms with Crippen LogP contribution in [0.15, 0.2) is 36.5 Å². The van der Waals surface area contributed by atoms with Crippen molar-refractivity contribution >= 4 is 21.4 Å². The van der Waals surface area contributed by atoms with Gasteiger partial charge in [0.05, 0.1) is 17.6 Å². The second kappa shape index (κ2) is 8.33. The lowest BCUT2D eigenvalue weighted by atomic mass is 10.1. The number of pyridine rings is 1. The van der Waals surface area contributed by atoms with Crippen molar-refractivity contribution in [2.75, 3.05) is 37.2 Å². The molecule has 1 fully saturated rings. The van der Waals surface area contributed by atoms with Gasteiger partial charge in [0.15, 0.2) is 0 Å². The molecule has 8 heteroatoms. The molecule has 3 rings (SSSR count). The average molecular weight is 393 g/mol. The minimum Gasteiger partial charge on any atom is -0.354 e. The molecule has 1 aromatic heterocycles. The van der Waals surface area contributed by atoms with Gasteiger partial charge in [0.25, 0.3) is 0 Å². The summed E-state index contributed by atoms with van der Waals surface area (Å²) in [5.74, 6) is -0.179. The number of hydrogen-bond donors (Lipinski definition) is 1. The third kappa shape index (κ3) is 5.24. The van der Waals surface area contributed by atoms with Crippen LogP contribution >= 0.6 is 0 Å². The van der Waals surface area contributed by atoms with E-state index in [1.807, 2.05) is 25.1 Å². The zero-order valence-electron chi connectivity index (χ0n) is 15.7. The fraction of sp³-hybridized carbons (Fsp3) is 0.421. The SMILES string of the molecule is CCS(=O)(=O)N1CCN(Cc2cc(F)cc(Nc3ccc(C)nc3)c2)CC1. The number of halogens is 1. The molecule has 0 amide bonds. The molecule has 0 radical (unpaired) electrons. The number of sulfonamides is 1. The van der Waals surface area contributed by atoms with Crippen molar-refractivity contribution in [2.45, 2.75) is 20.4 Å². The van der Waals surface area contributed by atoms with Crippen LogP contribution in [-0.4, -0.2) is 54.5 Å². The normalized spacial score (nSPS) is 16.4. The van der Waals surface area contributed by atoms with Crippen LogP contribution < -0.4 is 5.32 Å². The van der Waals surface area contributed by atoms with Gasteiger partial charge in [-0.3, -0.25) is 9.88 Å². The van der Waals surface area contributed by atoms with Crippen LogP contribution in [-0.2, 0) is 16.6 Å². The first kappa shape index (κ1) is 19.7. The van der Waals surface area contributed by atoms with Crippen LogP contribution in [0.5, 0.6) is 0 Å². The molecular weight excluding hydrogens is 367 g/mol. The fourth-order valence-electron chi connectivity index (χ4n) is 3.13. The molecule has 0 bridgehead atoms. The van der Waals surface area contributed by atoms with Crippen molar-refractivity contribution in [3.63, 3.8) is 0 Å². The van der Waals surface area contributed by atoms with Crippen LogP contribution in [0, 0.1) is 12.7 Å². The van der Waals surface area contributed by atoms with Gasteiger partial charge in [-0.1, -0.05) is 0 Å². The number of aromatic nitrogens is 1. The Bertz CT molecular complexity index is 879. The maximum absolute atomic E-state index is 14.1. The van der Waals surface area contributed by atoms with Crippen LogP contribution in [0.3, 0.4) is 0 Å². The van der Waals surface area contributed by atoms with Crippen LogP contribution in [0.1, 0.15) is 18.2 Å². The summed E-state index contributed by atoms with van der Waals surface area (Å²) >= 11 is 0. The number of piperazine rings is 1. The van der Waals surface area contributed by atoms with E-state index in [1.54, 1.807) is 13.1 Å². The lowest BCUT2D eigenvalue weighted by Crippen LogP contribution is -2.48. The first-order chi connectivity index (χ1) is 12.9. The highest BCUT2D eigenvalue weighted by Crippen LogP contribution is 2.21. The summed E-state index contributed by atoms with van der Waals surface area (Å²) in [5, 5.41) is 3.18. The van der Waals surface area contributed by atoms with Gasteiger partial charge in [0, 0.05) is 44.1 Å². The summed E-state index contributed by atoms with van der Waals surface area (Å²) in [4.78, 5) is 6.38. The van der Waals surface area contributed by atoms with E-state index in [-0.39, 0.29) is 11.6 Å². The van der Waals surface area contributed by atoms with Gasteiger partial charge in [-0.25, -0.2) is 12.8 Å². The molecule has 2 heterocycles. The molecular formula is C19H25FN4O2S. The molecule has 6 nitrogen and oxygen atoms in total.